The normalized spacial score (nSPS) is 10.7. The van der Waals surface area contributed by atoms with Gasteiger partial charge in [0.05, 0.1) is 10.3 Å². The zero-order valence-corrected chi connectivity index (χ0v) is 10.8. The van der Waals surface area contributed by atoms with Gasteiger partial charge < -0.3 is 10.2 Å². The van der Waals surface area contributed by atoms with Crippen LogP contribution in [0.15, 0.2) is 57.7 Å². The van der Waals surface area contributed by atoms with Crippen LogP contribution in [0.5, 0.6) is 0 Å². The average molecular weight is 282 g/mol. The lowest BCUT2D eigenvalue weighted by Crippen LogP contribution is -2.00. The molecular weight excluding hydrogens is 272 g/mol. The minimum absolute atomic E-state index is 0.0619. The molecule has 0 saturated carbocycles. The molecule has 0 saturated heterocycles. The van der Waals surface area contributed by atoms with E-state index in [-0.39, 0.29) is 22.6 Å². The Morgan fingerprint density at radius 1 is 1.10 bits per heavy atom. The van der Waals surface area contributed by atoms with E-state index in [9.17, 15) is 14.9 Å². The molecule has 3 aromatic rings. The van der Waals surface area contributed by atoms with Gasteiger partial charge in [-0.15, -0.1) is 0 Å². The van der Waals surface area contributed by atoms with Gasteiger partial charge in [0.15, 0.2) is 5.43 Å². The molecule has 0 amide bonds. The summed E-state index contributed by atoms with van der Waals surface area (Å²) < 4.78 is 5.64. The van der Waals surface area contributed by atoms with E-state index in [4.69, 9.17) is 10.2 Å². The van der Waals surface area contributed by atoms with Crippen molar-refractivity contribution in [3.8, 4) is 11.3 Å². The van der Waals surface area contributed by atoms with Crippen molar-refractivity contribution in [3.63, 3.8) is 0 Å². The summed E-state index contributed by atoms with van der Waals surface area (Å²) >= 11 is 0. The number of benzene rings is 2. The molecule has 1 aromatic heterocycles. The van der Waals surface area contributed by atoms with Gasteiger partial charge in [-0.3, -0.25) is 14.9 Å². The summed E-state index contributed by atoms with van der Waals surface area (Å²) in [5.74, 6) is 0.266. The van der Waals surface area contributed by atoms with Crippen LogP contribution in [0, 0.1) is 10.1 Å². The van der Waals surface area contributed by atoms with Crippen LogP contribution >= 0.6 is 0 Å². The number of nitrogens with two attached hydrogens (primary N) is 1. The molecule has 0 spiro atoms. The Labute approximate surface area is 118 Å². The number of anilines is 1. The molecule has 0 atom stereocenters. The quantitative estimate of drug-likeness (QED) is 0.442. The largest absolute Gasteiger partial charge is 0.456 e. The maximum atomic E-state index is 12.0. The Morgan fingerprint density at radius 2 is 1.86 bits per heavy atom. The molecule has 104 valence electrons. The van der Waals surface area contributed by atoms with E-state index in [0.717, 1.165) is 0 Å². The fraction of sp³-hybridized carbons (Fsp3) is 0. The second-order valence-corrected chi connectivity index (χ2v) is 4.50. The van der Waals surface area contributed by atoms with Gasteiger partial charge in [-0.1, -0.05) is 12.1 Å². The summed E-state index contributed by atoms with van der Waals surface area (Å²) in [6, 6.07) is 12.4. The number of nitro benzene ring substituents is 1. The molecule has 3 rings (SSSR count). The lowest BCUT2D eigenvalue weighted by atomic mass is 10.1. The van der Waals surface area contributed by atoms with Crippen molar-refractivity contribution in [1.29, 1.82) is 0 Å². The number of nitrogen functional groups attached to an aromatic ring is 1. The van der Waals surface area contributed by atoms with E-state index < -0.39 is 4.92 Å². The molecule has 0 radical (unpaired) electrons. The highest BCUT2D eigenvalue weighted by molar-refractivity contribution is 5.79. The maximum absolute atomic E-state index is 12.0. The summed E-state index contributed by atoms with van der Waals surface area (Å²) in [6.07, 6.45) is 0. The second-order valence-electron chi connectivity index (χ2n) is 4.50. The van der Waals surface area contributed by atoms with Gasteiger partial charge in [0.1, 0.15) is 17.0 Å². The van der Waals surface area contributed by atoms with Crippen molar-refractivity contribution < 1.29 is 9.34 Å². The molecule has 6 nitrogen and oxygen atoms in total. The highest BCUT2D eigenvalue weighted by atomic mass is 16.6. The highest BCUT2D eigenvalue weighted by Crippen LogP contribution is 2.29. The monoisotopic (exact) mass is 282 g/mol. The molecule has 2 N–H and O–H groups in total. The molecule has 0 aliphatic heterocycles. The molecule has 0 fully saturated rings. The predicted octanol–water partition coefficient (Wildman–Crippen LogP) is 2.95. The van der Waals surface area contributed by atoms with Gasteiger partial charge in [-0.05, 0) is 24.3 Å². The minimum atomic E-state index is -0.571. The van der Waals surface area contributed by atoms with Crippen LogP contribution in [-0.4, -0.2) is 4.92 Å². The van der Waals surface area contributed by atoms with Crippen molar-refractivity contribution in [1.82, 2.24) is 0 Å². The van der Waals surface area contributed by atoms with Crippen LogP contribution < -0.4 is 11.2 Å². The second kappa shape index (κ2) is 4.75. The van der Waals surface area contributed by atoms with Gasteiger partial charge in [0.25, 0.3) is 5.69 Å². The van der Waals surface area contributed by atoms with E-state index in [1.54, 1.807) is 30.3 Å². The molecule has 2 aromatic carbocycles. The van der Waals surface area contributed by atoms with Gasteiger partial charge in [-0.2, -0.15) is 0 Å². The zero-order valence-electron chi connectivity index (χ0n) is 10.8. The number of rotatable bonds is 2. The Bertz CT molecular complexity index is 915. The van der Waals surface area contributed by atoms with Crippen molar-refractivity contribution in [2.24, 2.45) is 0 Å². The Kier molecular flexibility index (Phi) is 2.91. The summed E-state index contributed by atoms with van der Waals surface area (Å²) in [7, 11) is 0. The lowest BCUT2D eigenvalue weighted by Gasteiger charge is -2.04. The Hall–Kier alpha value is -3.15. The lowest BCUT2D eigenvalue weighted by molar-refractivity contribution is -0.383. The van der Waals surface area contributed by atoms with Crippen LogP contribution in [0.1, 0.15) is 0 Å². The molecule has 6 heteroatoms. The number of hydrogen-bond acceptors (Lipinski definition) is 5. The molecular formula is C15H10N2O4. The van der Waals surface area contributed by atoms with E-state index in [0.29, 0.717) is 16.5 Å². The minimum Gasteiger partial charge on any atom is -0.456 e. The Morgan fingerprint density at radius 3 is 2.62 bits per heavy atom. The van der Waals surface area contributed by atoms with Gasteiger partial charge in [0.2, 0.25) is 0 Å². The van der Waals surface area contributed by atoms with Gasteiger partial charge >= 0.3 is 0 Å². The first-order valence-electron chi connectivity index (χ1n) is 6.13. The van der Waals surface area contributed by atoms with Crippen molar-refractivity contribution in [2.75, 3.05) is 5.73 Å². The third kappa shape index (κ3) is 2.23. The SMILES string of the molecule is Nc1ccc(-c2cc(=O)c3ccccc3o2)cc1[N+](=O)[O-]. The van der Waals surface area contributed by atoms with Crippen LogP contribution in [0.4, 0.5) is 11.4 Å². The number of nitro groups is 1. The number of nitrogens with zero attached hydrogens (tertiary/aromatic N) is 1. The number of hydrogen-bond donors (Lipinski definition) is 1. The molecule has 0 aliphatic rings. The molecule has 1 heterocycles. The number of fused-ring (bicyclic) bond motifs is 1. The summed E-state index contributed by atoms with van der Waals surface area (Å²) in [4.78, 5) is 22.4. The number of para-hydroxylation sites is 1. The average Bonchev–Trinajstić information content (AvgIpc) is 2.47. The molecule has 0 bridgehead atoms. The van der Waals surface area contributed by atoms with Gasteiger partial charge in [-0.25, -0.2) is 0 Å². The maximum Gasteiger partial charge on any atom is 0.292 e. The predicted molar refractivity (Wildman–Crippen MR) is 79.0 cm³/mol. The molecule has 21 heavy (non-hydrogen) atoms. The Balaban J connectivity index is 2.23. The zero-order chi connectivity index (χ0) is 15.0. The van der Waals surface area contributed by atoms with Crippen LogP contribution in [0.2, 0.25) is 0 Å². The first-order valence-corrected chi connectivity index (χ1v) is 6.13. The molecule has 0 aliphatic carbocycles. The van der Waals surface area contributed by atoms with Crippen molar-refractivity contribution in [3.05, 3.63) is 68.9 Å². The summed E-state index contributed by atoms with van der Waals surface area (Å²) in [5.41, 5.74) is 6.05. The third-order valence-corrected chi connectivity index (χ3v) is 3.15. The van der Waals surface area contributed by atoms with Crippen molar-refractivity contribution in [2.45, 2.75) is 0 Å². The summed E-state index contributed by atoms with van der Waals surface area (Å²) in [5, 5.41) is 11.4. The third-order valence-electron chi connectivity index (χ3n) is 3.15. The standard InChI is InChI=1S/C15H10N2O4/c16-11-6-5-9(7-12(11)17(19)20)15-8-13(18)10-3-1-2-4-14(10)21-15/h1-8H,16H2. The first-order chi connectivity index (χ1) is 10.1. The molecule has 0 unspecified atom stereocenters. The highest BCUT2D eigenvalue weighted by Gasteiger charge is 2.14. The first kappa shape index (κ1) is 12.9. The van der Waals surface area contributed by atoms with E-state index in [1.165, 1.54) is 18.2 Å². The smallest absolute Gasteiger partial charge is 0.292 e. The van der Waals surface area contributed by atoms with Crippen molar-refractivity contribution >= 4 is 22.3 Å². The van der Waals surface area contributed by atoms with E-state index in [1.807, 2.05) is 0 Å². The van der Waals surface area contributed by atoms with Gasteiger partial charge in [0, 0.05) is 17.7 Å². The fourth-order valence-corrected chi connectivity index (χ4v) is 2.10. The fourth-order valence-electron chi connectivity index (χ4n) is 2.10. The van der Waals surface area contributed by atoms with Crippen LogP contribution in [-0.2, 0) is 0 Å². The van der Waals surface area contributed by atoms with Crippen LogP contribution in [0.3, 0.4) is 0 Å². The summed E-state index contributed by atoms with van der Waals surface area (Å²) in [6.45, 7) is 0. The van der Waals surface area contributed by atoms with E-state index >= 15 is 0 Å². The van der Waals surface area contributed by atoms with Crippen LogP contribution in [0.25, 0.3) is 22.3 Å². The topological polar surface area (TPSA) is 99.4 Å². The van der Waals surface area contributed by atoms with E-state index in [2.05, 4.69) is 0 Å².